The maximum absolute atomic E-state index is 2.54. The molecule has 0 saturated carbocycles. The fourth-order valence-corrected chi connectivity index (χ4v) is 12.1. The Morgan fingerprint density at radius 2 is 0.660 bits per heavy atom. The number of hydrogen-bond donors (Lipinski definition) is 0. The molecule has 0 fully saturated rings. The Balaban J connectivity index is 1.53. The molecule has 8 aromatic carbocycles. The number of nitrogens with zero attached hydrogens (tertiary/aromatic N) is 2. The van der Waals surface area contributed by atoms with Gasteiger partial charge in [0.15, 0.2) is 0 Å². The molecule has 0 aliphatic carbocycles. The first-order valence-electron chi connectivity index (χ1n) is 17.2. The van der Waals surface area contributed by atoms with Crippen molar-refractivity contribution in [2.45, 2.75) is 9.79 Å². The van der Waals surface area contributed by atoms with Crippen molar-refractivity contribution < 1.29 is 0 Å². The van der Waals surface area contributed by atoms with E-state index in [4.69, 9.17) is 0 Å². The van der Waals surface area contributed by atoms with Crippen molar-refractivity contribution in [3.8, 4) is 11.4 Å². The summed E-state index contributed by atoms with van der Waals surface area (Å²) in [6.07, 6.45) is 14.8. The Morgan fingerprint density at radius 1 is 0.320 bits per heavy atom. The minimum atomic E-state index is -1.20. The van der Waals surface area contributed by atoms with E-state index >= 15 is 0 Å². The third kappa shape index (κ3) is 3.95. The molecule has 0 saturated heterocycles. The van der Waals surface area contributed by atoms with Crippen molar-refractivity contribution in [2.24, 2.45) is 0 Å². The normalized spacial score (nSPS) is 13.6. The monoisotopic (exact) mass is 684 g/mol. The minimum absolute atomic E-state index is 1.20. The highest BCUT2D eigenvalue weighted by molar-refractivity contribution is 8.32. The summed E-state index contributed by atoms with van der Waals surface area (Å²) in [5, 5.41) is 13.7. The Kier molecular flexibility index (Phi) is 6.18. The predicted octanol–water partition coefficient (Wildman–Crippen LogP) is 12.9. The van der Waals surface area contributed by atoms with E-state index in [1.54, 1.807) is 0 Å². The van der Waals surface area contributed by atoms with E-state index in [9.17, 15) is 0 Å². The molecular formula is C46H40N2S2. The van der Waals surface area contributed by atoms with Gasteiger partial charge in [-0.05, 0) is 106 Å². The molecule has 0 N–H and O–H groups in total. The summed E-state index contributed by atoms with van der Waals surface area (Å²) in [6, 6.07) is 49.9. The Bertz CT molecular complexity index is 2770. The third-order valence-corrected chi connectivity index (χ3v) is 13.9. The number of hydrogen-bond acceptors (Lipinski definition) is 0. The molecule has 0 amide bonds. The molecule has 50 heavy (non-hydrogen) atoms. The van der Waals surface area contributed by atoms with Gasteiger partial charge in [-0.25, -0.2) is 20.1 Å². The highest BCUT2D eigenvalue weighted by atomic mass is 32.3. The zero-order valence-corrected chi connectivity index (χ0v) is 31.0. The molecule has 2 aromatic heterocycles. The van der Waals surface area contributed by atoms with Crippen LogP contribution in [0.4, 0.5) is 0 Å². The Morgan fingerprint density at radius 3 is 1.04 bits per heavy atom. The van der Waals surface area contributed by atoms with Gasteiger partial charge in [0.05, 0.1) is 22.1 Å². The van der Waals surface area contributed by atoms with Gasteiger partial charge in [0.1, 0.15) is 0 Å². The molecule has 10 rings (SSSR count). The fraction of sp³-hybridized carbons (Fsp3) is 0.130. The molecule has 0 bridgehead atoms. The van der Waals surface area contributed by atoms with Crippen LogP contribution in [0.3, 0.4) is 0 Å². The zero-order chi connectivity index (χ0) is 34.1. The first-order chi connectivity index (χ1) is 24.1. The standard InChI is InChI=1S/C46H40N2S2/c1-49(2,3)45-35-27-25-34-40-36(46(50(4,5)6)44-42(34)32-22-14-16-24-38(32)48(44)30-19-11-8-12-20-30)28-26-33(39(35)40)41-31-21-13-15-23-37(31)47(43(41)45)29-17-9-7-10-18-29/h7-28H,1-6H3. The smallest absolute Gasteiger partial charge is 0.0674 e. The fourth-order valence-electron chi connectivity index (χ4n) is 8.93. The number of para-hydroxylation sites is 4. The van der Waals surface area contributed by atoms with Gasteiger partial charge in [-0.2, -0.15) is 0 Å². The van der Waals surface area contributed by atoms with Crippen LogP contribution >= 0.6 is 20.1 Å². The maximum atomic E-state index is 2.54. The van der Waals surface area contributed by atoms with E-state index in [0.29, 0.717) is 0 Å². The lowest BCUT2D eigenvalue weighted by Gasteiger charge is -2.33. The van der Waals surface area contributed by atoms with Crippen LogP contribution in [0.5, 0.6) is 0 Å². The van der Waals surface area contributed by atoms with Crippen LogP contribution in [0, 0.1) is 0 Å². The summed E-state index contributed by atoms with van der Waals surface area (Å²) in [6.45, 7) is 0. The van der Waals surface area contributed by atoms with Crippen molar-refractivity contribution in [2.75, 3.05) is 37.5 Å². The van der Waals surface area contributed by atoms with Gasteiger partial charge >= 0.3 is 0 Å². The molecule has 0 spiro atoms. The summed E-state index contributed by atoms with van der Waals surface area (Å²) >= 11 is 0. The number of benzene rings is 8. The molecule has 4 heteroatoms. The quantitative estimate of drug-likeness (QED) is 0.163. The lowest BCUT2D eigenvalue weighted by molar-refractivity contribution is 1.16. The summed E-state index contributed by atoms with van der Waals surface area (Å²) in [5.74, 6) is 0. The molecule has 0 unspecified atom stereocenters. The van der Waals surface area contributed by atoms with Gasteiger partial charge in [0, 0.05) is 42.7 Å². The van der Waals surface area contributed by atoms with E-state index in [0.717, 1.165) is 0 Å². The molecule has 2 heterocycles. The van der Waals surface area contributed by atoms with Crippen molar-refractivity contribution in [3.63, 3.8) is 0 Å². The van der Waals surface area contributed by atoms with E-state index in [1.807, 2.05) is 0 Å². The molecule has 0 atom stereocenters. The van der Waals surface area contributed by atoms with Crippen molar-refractivity contribution >= 4 is 96.0 Å². The van der Waals surface area contributed by atoms with Crippen LogP contribution < -0.4 is 0 Å². The van der Waals surface area contributed by atoms with Crippen LogP contribution in [0.15, 0.2) is 143 Å². The molecule has 246 valence electrons. The van der Waals surface area contributed by atoms with Crippen LogP contribution in [-0.2, 0) is 0 Å². The molecule has 0 radical (unpaired) electrons. The Labute approximate surface area is 295 Å². The zero-order valence-electron chi connectivity index (χ0n) is 29.4. The Hall–Kier alpha value is -4.90. The van der Waals surface area contributed by atoms with Crippen LogP contribution in [0.1, 0.15) is 0 Å². The van der Waals surface area contributed by atoms with Gasteiger partial charge in [0.2, 0.25) is 0 Å². The predicted molar refractivity (Wildman–Crippen MR) is 226 cm³/mol. The minimum Gasteiger partial charge on any atom is -0.308 e. The average molecular weight is 685 g/mol. The van der Waals surface area contributed by atoms with Gasteiger partial charge in [-0.3, -0.25) is 0 Å². The largest absolute Gasteiger partial charge is 0.308 e. The van der Waals surface area contributed by atoms with Gasteiger partial charge in [-0.1, -0.05) is 97.1 Å². The lowest BCUT2D eigenvalue weighted by Crippen LogP contribution is -2.04. The second-order valence-corrected chi connectivity index (χ2v) is 23.4. The lowest BCUT2D eigenvalue weighted by atomic mass is 9.90. The average Bonchev–Trinajstić information content (AvgIpc) is 3.63. The van der Waals surface area contributed by atoms with Crippen molar-refractivity contribution in [1.82, 2.24) is 9.13 Å². The molecule has 0 aliphatic heterocycles. The van der Waals surface area contributed by atoms with E-state index in [2.05, 4.69) is 180 Å². The third-order valence-electron chi connectivity index (χ3n) is 10.6. The SMILES string of the molecule is CS(C)(C)c1c2ccc3c4c(ccc(c24)c2c4ccccc4n(-c4ccccc4)c12)c(S(C)(C)C)c1c3c2ccccc2n1-c1ccccc1. The summed E-state index contributed by atoms with van der Waals surface area (Å²) < 4.78 is 5.09. The van der Waals surface area contributed by atoms with E-state index in [-0.39, 0.29) is 0 Å². The van der Waals surface area contributed by atoms with Crippen LogP contribution in [0.2, 0.25) is 0 Å². The second-order valence-electron chi connectivity index (χ2n) is 15.2. The van der Waals surface area contributed by atoms with E-state index < -0.39 is 20.1 Å². The van der Waals surface area contributed by atoms with Gasteiger partial charge in [-0.15, -0.1) is 0 Å². The number of aromatic nitrogens is 2. The summed E-state index contributed by atoms with van der Waals surface area (Å²) in [4.78, 5) is 2.98. The van der Waals surface area contributed by atoms with Crippen molar-refractivity contribution in [3.05, 3.63) is 133 Å². The summed E-state index contributed by atoms with van der Waals surface area (Å²) in [5.41, 5.74) is 7.68. The first kappa shape index (κ1) is 30.0. The topological polar surface area (TPSA) is 9.86 Å². The maximum Gasteiger partial charge on any atom is 0.0674 e. The number of fused-ring (bicyclic) bond motifs is 8. The highest BCUT2D eigenvalue weighted by Gasteiger charge is 2.30. The number of rotatable bonds is 4. The molecular weight excluding hydrogens is 645 g/mol. The first-order valence-corrected chi connectivity index (χ1v) is 23.0. The summed E-state index contributed by atoms with van der Waals surface area (Å²) in [7, 11) is -2.40. The van der Waals surface area contributed by atoms with Crippen molar-refractivity contribution in [1.29, 1.82) is 0 Å². The van der Waals surface area contributed by atoms with E-state index in [1.165, 1.54) is 97.1 Å². The molecule has 10 aromatic rings. The van der Waals surface area contributed by atoms with Crippen LogP contribution in [0.25, 0.3) is 87.3 Å². The second kappa shape index (κ2) is 10.3. The van der Waals surface area contributed by atoms with Crippen LogP contribution in [-0.4, -0.2) is 46.7 Å². The van der Waals surface area contributed by atoms with Gasteiger partial charge in [0.25, 0.3) is 0 Å². The highest BCUT2D eigenvalue weighted by Crippen LogP contribution is 2.60. The molecule has 0 aliphatic rings. The van der Waals surface area contributed by atoms with Gasteiger partial charge < -0.3 is 9.13 Å². The molecule has 2 nitrogen and oxygen atoms in total.